The van der Waals surface area contributed by atoms with Crippen molar-refractivity contribution in [3.8, 4) is 0 Å². The molecule has 0 unspecified atom stereocenters. The van der Waals surface area contributed by atoms with Gasteiger partial charge < -0.3 is 0 Å². The Bertz CT molecular complexity index is 48.4. The van der Waals surface area contributed by atoms with E-state index in [1.807, 2.05) is 0 Å². The fourth-order valence-corrected chi connectivity index (χ4v) is 1.33. The highest BCUT2D eigenvalue weighted by atomic mass is 14.2. The van der Waals surface area contributed by atoms with E-state index >= 15 is 0 Å². The van der Waals surface area contributed by atoms with Crippen molar-refractivity contribution < 1.29 is 0 Å². The highest BCUT2D eigenvalue weighted by Gasteiger charge is 2.13. The second kappa shape index (κ2) is 2.52. The molecule has 1 saturated carbocycles. The summed E-state index contributed by atoms with van der Waals surface area (Å²) in [5.74, 6) is 1.75. The molecule has 0 nitrogen and oxygen atoms in total. The van der Waals surface area contributed by atoms with Crippen molar-refractivity contribution >= 4 is 0 Å². The lowest BCUT2D eigenvalue weighted by atomic mass is 9.84. The van der Waals surface area contributed by atoms with Crippen molar-refractivity contribution in [1.82, 2.24) is 0 Å². The van der Waals surface area contributed by atoms with Gasteiger partial charge in [-0.2, -0.15) is 0 Å². The normalized spacial score (nSPS) is 39.8. The average Bonchev–Trinajstić information content (AvgIpc) is 1.77. The maximum Gasteiger partial charge on any atom is -0.0414 e. The zero-order valence-electron chi connectivity index (χ0n) is 5.69. The molecule has 0 aromatic carbocycles. The molecule has 0 saturated heterocycles. The van der Waals surface area contributed by atoms with Crippen LogP contribution in [0.5, 0.6) is 0 Å². The van der Waals surface area contributed by atoms with Crippen molar-refractivity contribution in [2.45, 2.75) is 32.6 Å². The first kappa shape index (κ1) is 6.12. The van der Waals surface area contributed by atoms with E-state index in [1.54, 1.807) is 0 Å². The smallest absolute Gasteiger partial charge is 0.0414 e. The lowest BCUT2D eigenvalue weighted by Crippen LogP contribution is -2.08. The summed E-state index contributed by atoms with van der Waals surface area (Å²) < 4.78 is 0. The van der Waals surface area contributed by atoms with Gasteiger partial charge in [0.2, 0.25) is 0 Å². The molecular formula is C8H15. The van der Waals surface area contributed by atoms with Gasteiger partial charge in [0.25, 0.3) is 0 Å². The molecule has 0 bridgehead atoms. The van der Waals surface area contributed by atoms with E-state index in [0.29, 0.717) is 0 Å². The van der Waals surface area contributed by atoms with Crippen molar-refractivity contribution in [2.75, 3.05) is 0 Å². The molecule has 0 atom stereocenters. The Hall–Kier alpha value is 0. The molecule has 1 aliphatic rings. The van der Waals surface area contributed by atoms with E-state index in [2.05, 4.69) is 13.8 Å². The molecule has 47 valence electrons. The zero-order chi connectivity index (χ0) is 5.98. The summed E-state index contributed by atoms with van der Waals surface area (Å²) in [5, 5.41) is 0. The van der Waals surface area contributed by atoms with Gasteiger partial charge >= 0.3 is 0 Å². The highest BCUT2D eigenvalue weighted by molar-refractivity contribution is 4.70. The van der Waals surface area contributed by atoms with Crippen LogP contribution in [0.1, 0.15) is 32.6 Å². The summed E-state index contributed by atoms with van der Waals surface area (Å²) in [6, 6.07) is 0. The summed E-state index contributed by atoms with van der Waals surface area (Å²) in [6.07, 6.45) is 5.55. The third-order valence-corrected chi connectivity index (χ3v) is 2.14. The van der Waals surface area contributed by atoms with Gasteiger partial charge in [-0.25, -0.2) is 0 Å². The van der Waals surface area contributed by atoms with Crippen LogP contribution in [-0.4, -0.2) is 0 Å². The van der Waals surface area contributed by atoms with Crippen molar-refractivity contribution in [2.24, 2.45) is 11.8 Å². The second-order valence-corrected chi connectivity index (χ2v) is 3.13. The molecule has 0 heterocycles. The zero-order valence-corrected chi connectivity index (χ0v) is 5.69. The Balaban J connectivity index is 2.19. The van der Waals surface area contributed by atoms with Crippen molar-refractivity contribution in [3.05, 3.63) is 6.92 Å². The predicted molar refractivity (Wildman–Crippen MR) is 36.5 cm³/mol. The van der Waals surface area contributed by atoms with E-state index < -0.39 is 0 Å². The van der Waals surface area contributed by atoms with Gasteiger partial charge in [-0.15, -0.1) is 0 Å². The van der Waals surface area contributed by atoms with Gasteiger partial charge in [0.1, 0.15) is 0 Å². The molecule has 1 rings (SSSR count). The maximum absolute atomic E-state index is 4.03. The monoisotopic (exact) mass is 111 g/mol. The largest absolute Gasteiger partial charge is 0.0625 e. The van der Waals surface area contributed by atoms with Crippen LogP contribution < -0.4 is 0 Å². The Kier molecular flexibility index (Phi) is 1.93. The molecule has 1 aliphatic carbocycles. The first-order valence-electron chi connectivity index (χ1n) is 3.62. The summed E-state index contributed by atoms with van der Waals surface area (Å²) in [6.45, 7) is 6.37. The highest BCUT2D eigenvalue weighted by Crippen LogP contribution is 2.26. The Morgan fingerprint density at radius 3 is 2.00 bits per heavy atom. The molecule has 1 fully saturated rings. The summed E-state index contributed by atoms with van der Waals surface area (Å²) in [7, 11) is 0. The predicted octanol–water partition coefficient (Wildman–Crippen LogP) is 2.65. The standard InChI is InChI=1S/C8H15/c1-7-3-5-8(2)6-4-7/h7-8H,1,3-6H2,2H3/t7-,8-. The summed E-state index contributed by atoms with van der Waals surface area (Å²) >= 11 is 0. The van der Waals surface area contributed by atoms with Crippen LogP contribution in [0, 0.1) is 18.8 Å². The molecule has 0 aromatic rings. The topological polar surface area (TPSA) is 0 Å². The van der Waals surface area contributed by atoms with Crippen LogP contribution in [0.2, 0.25) is 0 Å². The number of hydrogen-bond donors (Lipinski definition) is 0. The molecule has 8 heavy (non-hydrogen) atoms. The minimum atomic E-state index is 0.770. The van der Waals surface area contributed by atoms with Gasteiger partial charge in [0.05, 0.1) is 0 Å². The first-order chi connectivity index (χ1) is 3.79. The lowest BCUT2D eigenvalue weighted by Gasteiger charge is -2.22. The van der Waals surface area contributed by atoms with Gasteiger partial charge in [0.15, 0.2) is 0 Å². The molecule has 0 amide bonds. The van der Waals surface area contributed by atoms with E-state index in [-0.39, 0.29) is 0 Å². The quantitative estimate of drug-likeness (QED) is 0.451. The van der Waals surface area contributed by atoms with E-state index in [9.17, 15) is 0 Å². The van der Waals surface area contributed by atoms with Gasteiger partial charge in [-0.1, -0.05) is 39.5 Å². The summed E-state index contributed by atoms with van der Waals surface area (Å²) in [5.41, 5.74) is 0. The minimum Gasteiger partial charge on any atom is -0.0625 e. The lowest BCUT2D eigenvalue weighted by molar-refractivity contribution is 0.329. The summed E-state index contributed by atoms with van der Waals surface area (Å²) in [4.78, 5) is 0. The van der Waals surface area contributed by atoms with Crippen LogP contribution >= 0.6 is 0 Å². The number of hydrogen-bond acceptors (Lipinski definition) is 0. The SMILES string of the molecule is [CH2][C@H]1CC[C@H](C)CC1. The fraction of sp³-hybridized carbons (Fsp3) is 0.875. The van der Waals surface area contributed by atoms with Crippen LogP contribution in [0.25, 0.3) is 0 Å². The van der Waals surface area contributed by atoms with E-state index in [4.69, 9.17) is 0 Å². The Morgan fingerprint density at radius 2 is 1.62 bits per heavy atom. The third-order valence-electron chi connectivity index (χ3n) is 2.14. The Morgan fingerprint density at radius 1 is 1.12 bits per heavy atom. The molecule has 0 aromatic heterocycles. The van der Waals surface area contributed by atoms with Crippen LogP contribution in [0.15, 0.2) is 0 Å². The second-order valence-electron chi connectivity index (χ2n) is 3.13. The van der Waals surface area contributed by atoms with Gasteiger partial charge in [0, 0.05) is 0 Å². The molecule has 0 heteroatoms. The molecular weight excluding hydrogens is 96.1 g/mol. The maximum atomic E-state index is 4.03. The van der Waals surface area contributed by atoms with Gasteiger partial charge in [-0.05, 0) is 11.8 Å². The first-order valence-corrected chi connectivity index (χ1v) is 3.62. The van der Waals surface area contributed by atoms with Crippen LogP contribution in [0.4, 0.5) is 0 Å². The van der Waals surface area contributed by atoms with Crippen LogP contribution in [-0.2, 0) is 0 Å². The minimum absolute atomic E-state index is 0.770. The van der Waals surface area contributed by atoms with Crippen molar-refractivity contribution in [1.29, 1.82) is 0 Å². The number of rotatable bonds is 0. The Labute approximate surface area is 52.3 Å². The molecule has 0 N–H and O–H groups in total. The van der Waals surface area contributed by atoms with Crippen molar-refractivity contribution in [3.63, 3.8) is 0 Å². The molecule has 1 radical (unpaired) electrons. The van der Waals surface area contributed by atoms with Crippen LogP contribution in [0.3, 0.4) is 0 Å². The van der Waals surface area contributed by atoms with E-state index in [0.717, 1.165) is 11.8 Å². The fourth-order valence-electron chi connectivity index (χ4n) is 1.33. The van der Waals surface area contributed by atoms with Gasteiger partial charge in [-0.3, -0.25) is 0 Å². The molecule has 0 spiro atoms. The third kappa shape index (κ3) is 1.50. The average molecular weight is 111 g/mol. The molecule has 0 aliphatic heterocycles. The van der Waals surface area contributed by atoms with E-state index in [1.165, 1.54) is 25.7 Å².